The lowest BCUT2D eigenvalue weighted by atomic mass is 9.96. The van der Waals surface area contributed by atoms with Gasteiger partial charge in [-0.2, -0.15) is 0 Å². The Morgan fingerprint density at radius 1 is 1.29 bits per heavy atom. The first-order valence-corrected chi connectivity index (χ1v) is 9.68. The zero-order valence-electron chi connectivity index (χ0n) is 16.5. The van der Waals surface area contributed by atoms with Gasteiger partial charge in [0.1, 0.15) is 6.04 Å². The van der Waals surface area contributed by atoms with E-state index in [9.17, 15) is 14.4 Å². The maximum atomic E-state index is 12.3. The maximum absolute atomic E-state index is 12.3. The molecule has 1 saturated heterocycles. The molecule has 0 aliphatic carbocycles. The third-order valence-corrected chi connectivity index (χ3v) is 4.69. The molecule has 7 nitrogen and oxygen atoms in total. The van der Waals surface area contributed by atoms with Gasteiger partial charge in [0.2, 0.25) is 11.8 Å². The first-order valence-electron chi connectivity index (χ1n) is 9.28. The molecule has 1 fully saturated rings. The Bertz CT molecular complexity index is 731. The molecular weight excluding hydrogens is 378 g/mol. The van der Waals surface area contributed by atoms with E-state index in [1.807, 2.05) is 30.3 Å². The summed E-state index contributed by atoms with van der Waals surface area (Å²) in [6.45, 7) is 6.36. The summed E-state index contributed by atoms with van der Waals surface area (Å²) in [5, 5.41) is 5.54. The maximum Gasteiger partial charge on any atom is 0.308 e. The van der Waals surface area contributed by atoms with Crippen molar-refractivity contribution < 1.29 is 19.1 Å². The molecule has 8 heteroatoms. The predicted molar refractivity (Wildman–Crippen MR) is 109 cm³/mol. The van der Waals surface area contributed by atoms with Crippen molar-refractivity contribution in [3.8, 4) is 0 Å². The van der Waals surface area contributed by atoms with Crippen molar-refractivity contribution in [2.24, 2.45) is 5.41 Å². The lowest BCUT2D eigenvalue weighted by molar-refractivity contribution is -0.147. The number of rotatable bonds is 5. The first-order chi connectivity index (χ1) is 13.2. The molecule has 1 atom stereocenters. The summed E-state index contributed by atoms with van der Waals surface area (Å²) in [7, 11) is 0. The van der Waals surface area contributed by atoms with Gasteiger partial charge in [-0.25, -0.2) is 0 Å². The van der Waals surface area contributed by atoms with Crippen molar-refractivity contribution >= 4 is 35.1 Å². The minimum Gasteiger partial charge on any atom is -0.465 e. The second kappa shape index (κ2) is 9.64. The zero-order valence-corrected chi connectivity index (χ0v) is 17.3. The summed E-state index contributed by atoms with van der Waals surface area (Å²) in [5.74, 6) is -1.03. The highest BCUT2D eigenvalue weighted by atomic mass is 32.1. The number of benzene rings is 1. The number of carbonyl (C=O) groups is 3. The van der Waals surface area contributed by atoms with Gasteiger partial charge in [-0.15, -0.1) is 0 Å². The summed E-state index contributed by atoms with van der Waals surface area (Å²) >= 11 is 5.32. The molecule has 1 heterocycles. The van der Waals surface area contributed by atoms with E-state index in [-0.39, 0.29) is 30.0 Å². The molecule has 1 unspecified atom stereocenters. The average Bonchev–Trinajstić information content (AvgIpc) is 2.63. The van der Waals surface area contributed by atoms with Gasteiger partial charge in [0.15, 0.2) is 5.11 Å². The molecule has 152 valence electrons. The van der Waals surface area contributed by atoms with Crippen LogP contribution in [0.3, 0.4) is 0 Å². The quantitative estimate of drug-likeness (QED) is 0.569. The normalized spacial score (nSPS) is 16.9. The van der Waals surface area contributed by atoms with Crippen molar-refractivity contribution in [3.05, 3.63) is 35.9 Å². The van der Waals surface area contributed by atoms with E-state index in [4.69, 9.17) is 17.0 Å². The lowest BCUT2D eigenvalue weighted by Crippen LogP contribution is -2.61. The van der Waals surface area contributed by atoms with Crippen LogP contribution in [0.4, 0.5) is 0 Å². The van der Waals surface area contributed by atoms with E-state index in [1.165, 1.54) is 0 Å². The summed E-state index contributed by atoms with van der Waals surface area (Å²) in [5.41, 5.74) is 0.451. The van der Waals surface area contributed by atoms with Crippen molar-refractivity contribution in [2.45, 2.75) is 39.7 Å². The number of nitrogens with one attached hydrogen (secondary N) is 2. The van der Waals surface area contributed by atoms with E-state index >= 15 is 0 Å². The summed E-state index contributed by atoms with van der Waals surface area (Å²) in [4.78, 5) is 38.3. The smallest absolute Gasteiger partial charge is 0.308 e. The van der Waals surface area contributed by atoms with Crippen LogP contribution in [0.25, 0.3) is 0 Å². The summed E-state index contributed by atoms with van der Waals surface area (Å²) < 4.78 is 5.28. The van der Waals surface area contributed by atoms with Gasteiger partial charge in [0, 0.05) is 24.9 Å². The fraction of sp³-hybridized carbons (Fsp3) is 0.500. The van der Waals surface area contributed by atoms with Crippen LogP contribution >= 0.6 is 12.2 Å². The van der Waals surface area contributed by atoms with Gasteiger partial charge in [-0.05, 0) is 17.8 Å². The second-order valence-corrected chi connectivity index (χ2v) is 8.06. The molecular formula is C20H27N3O4S. The van der Waals surface area contributed by atoms with Crippen LogP contribution in [0.15, 0.2) is 30.3 Å². The highest BCUT2D eigenvalue weighted by Gasteiger charge is 2.35. The van der Waals surface area contributed by atoms with Crippen LogP contribution in [0.1, 0.15) is 32.8 Å². The van der Waals surface area contributed by atoms with Gasteiger partial charge in [-0.3, -0.25) is 14.4 Å². The van der Waals surface area contributed by atoms with Crippen molar-refractivity contribution in [2.75, 3.05) is 19.7 Å². The van der Waals surface area contributed by atoms with Crippen LogP contribution in [-0.4, -0.2) is 53.5 Å². The van der Waals surface area contributed by atoms with Crippen LogP contribution in [0.5, 0.6) is 0 Å². The van der Waals surface area contributed by atoms with E-state index in [2.05, 4.69) is 10.6 Å². The van der Waals surface area contributed by atoms with E-state index in [1.54, 1.807) is 25.7 Å². The highest BCUT2D eigenvalue weighted by Crippen LogP contribution is 2.15. The molecule has 0 aromatic heterocycles. The molecule has 1 aromatic carbocycles. The molecule has 2 amide bonds. The van der Waals surface area contributed by atoms with Crippen LogP contribution < -0.4 is 10.6 Å². The number of ether oxygens (including phenoxy) is 1. The molecule has 28 heavy (non-hydrogen) atoms. The minimum atomic E-state index is -0.800. The number of hydrogen-bond acceptors (Lipinski definition) is 5. The largest absolute Gasteiger partial charge is 0.465 e. The molecule has 1 aliphatic rings. The highest BCUT2D eigenvalue weighted by molar-refractivity contribution is 7.80. The molecule has 2 rings (SSSR count). The number of esters is 1. The average molecular weight is 406 g/mol. The third-order valence-electron chi connectivity index (χ3n) is 4.35. The minimum absolute atomic E-state index is 0.133. The molecule has 0 bridgehead atoms. The Morgan fingerprint density at radius 2 is 1.96 bits per heavy atom. The summed E-state index contributed by atoms with van der Waals surface area (Å²) in [6.07, 6.45) is 0.472. The number of nitrogens with zero attached hydrogens (tertiary/aromatic N) is 1. The molecule has 1 aliphatic heterocycles. The predicted octanol–water partition coefficient (Wildman–Crippen LogP) is 1.41. The van der Waals surface area contributed by atoms with Gasteiger partial charge in [0.05, 0.1) is 13.0 Å². The van der Waals surface area contributed by atoms with Crippen molar-refractivity contribution in [3.63, 3.8) is 0 Å². The van der Waals surface area contributed by atoms with Gasteiger partial charge >= 0.3 is 5.97 Å². The van der Waals surface area contributed by atoms with Gasteiger partial charge in [-0.1, -0.05) is 51.1 Å². The van der Waals surface area contributed by atoms with E-state index in [0.717, 1.165) is 5.56 Å². The van der Waals surface area contributed by atoms with Crippen LogP contribution in [-0.2, 0) is 25.5 Å². The fourth-order valence-corrected chi connectivity index (χ4v) is 2.97. The SMILES string of the molecule is CC(C)(C)C(=O)NC(=S)N1CCNC(=O)C1CC(=O)OCCc1ccccc1. The van der Waals surface area contributed by atoms with E-state index in [0.29, 0.717) is 19.5 Å². The van der Waals surface area contributed by atoms with E-state index < -0.39 is 17.4 Å². The molecule has 0 spiro atoms. The first kappa shape index (κ1) is 21.8. The Morgan fingerprint density at radius 3 is 2.61 bits per heavy atom. The number of amides is 2. The number of carbonyl (C=O) groups excluding carboxylic acids is 3. The van der Waals surface area contributed by atoms with Crippen molar-refractivity contribution in [1.29, 1.82) is 0 Å². The summed E-state index contributed by atoms with van der Waals surface area (Å²) in [6, 6.07) is 8.89. The third kappa shape index (κ3) is 6.30. The Balaban J connectivity index is 1.92. The molecule has 0 saturated carbocycles. The number of piperazine rings is 1. The Hall–Kier alpha value is -2.48. The fourth-order valence-electron chi connectivity index (χ4n) is 2.66. The second-order valence-electron chi connectivity index (χ2n) is 7.67. The monoisotopic (exact) mass is 405 g/mol. The zero-order chi connectivity index (χ0) is 20.7. The number of hydrogen-bond donors (Lipinski definition) is 2. The van der Waals surface area contributed by atoms with Gasteiger partial charge < -0.3 is 20.3 Å². The molecule has 2 N–H and O–H groups in total. The van der Waals surface area contributed by atoms with Crippen molar-refractivity contribution in [1.82, 2.24) is 15.5 Å². The van der Waals surface area contributed by atoms with Gasteiger partial charge in [0.25, 0.3) is 0 Å². The van der Waals surface area contributed by atoms with Crippen LogP contribution in [0, 0.1) is 5.41 Å². The Kier molecular flexibility index (Phi) is 7.51. The topological polar surface area (TPSA) is 87.7 Å². The lowest BCUT2D eigenvalue weighted by Gasteiger charge is -2.36. The molecule has 0 radical (unpaired) electrons. The van der Waals surface area contributed by atoms with Crippen LogP contribution in [0.2, 0.25) is 0 Å². The molecule has 1 aromatic rings. The standard InChI is InChI=1S/C20H27N3O4S/c1-20(2,3)18(26)22-19(28)23-11-10-21-17(25)15(23)13-16(24)27-12-9-14-7-5-4-6-8-14/h4-8,15H,9-13H2,1-3H3,(H,21,25)(H,22,26,28). The Labute approximate surface area is 170 Å². The number of thiocarbonyl (C=S) groups is 1.